The minimum absolute atomic E-state index is 0.333. The molecule has 116 valence electrons. The summed E-state index contributed by atoms with van der Waals surface area (Å²) >= 11 is 0. The molecule has 0 fully saturated rings. The van der Waals surface area contributed by atoms with Gasteiger partial charge in [0.05, 0.1) is 10.8 Å². The predicted octanol–water partition coefficient (Wildman–Crippen LogP) is 6.01. The van der Waals surface area contributed by atoms with Gasteiger partial charge >= 0.3 is 0 Å². The fraction of sp³-hybridized carbons (Fsp3) is 0.0417. The zero-order valence-corrected chi connectivity index (χ0v) is 13.4. The molecule has 1 aromatic heterocycles. The highest BCUT2D eigenvalue weighted by atomic mass is 14.7. The molecule has 1 N–H and O–H groups in total. The van der Waals surface area contributed by atoms with E-state index in [1.165, 1.54) is 32.3 Å². The van der Waals surface area contributed by atoms with Crippen molar-refractivity contribution < 1.29 is 9.10 Å². The van der Waals surface area contributed by atoms with Gasteiger partial charge in [0.1, 0.15) is 0 Å². The molecule has 1 heteroatoms. The fourth-order valence-electron chi connectivity index (χ4n) is 4.41. The maximum absolute atomic E-state index is 7.82. The number of aromatic amines is 1. The number of fused-ring (bicyclic) bond motifs is 6. The second-order valence-electron chi connectivity index (χ2n) is 6.68. The topological polar surface area (TPSA) is 14.1 Å². The quantitative estimate of drug-likeness (QED) is 0.240. The van der Waals surface area contributed by atoms with Crippen molar-refractivity contribution in [2.45, 2.75) is 6.85 Å². The Kier molecular flexibility index (Phi) is 1.89. The van der Waals surface area contributed by atoms with E-state index < -0.39 is 6.85 Å². The summed E-state index contributed by atoms with van der Waals surface area (Å²) < 4.78 is 23.5. The summed E-state index contributed by atoms with van der Waals surface area (Å²) in [4.78, 5) is 3.30. The highest BCUT2D eigenvalue weighted by Gasteiger charge is 2.19. The molecule has 1 nitrogen and oxygen atoms in total. The normalized spacial score (nSPS) is 14.5. The molecule has 0 atom stereocenters. The summed E-state index contributed by atoms with van der Waals surface area (Å²) in [5.41, 5.74) is 1.31. The van der Waals surface area contributed by atoms with Crippen LogP contribution in [0.15, 0.2) is 72.9 Å². The van der Waals surface area contributed by atoms with Crippen molar-refractivity contribution in [1.29, 1.82) is 0 Å². The Labute approximate surface area is 149 Å². The minimum Gasteiger partial charge on any atom is -0.210 e. The lowest BCUT2D eigenvalue weighted by Crippen LogP contribution is -2.05. The average molecular weight is 321 g/mol. The Hall–Kier alpha value is -3.19. The van der Waals surface area contributed by atoms with Crippen molar-refractivity contribution >= 4 is 54.0 Å². The van der Waals surface area contributed by atoms with E-state index in [4.69, 9.17) is 4.11 Å². The van der Waals surface area contributed by atoms with Gasteiger partial charge in [0, 0.05) is 15.1 Å². The third kappa shape index (κ3) is 1.56. The van der Waals surface area contributed by atoms with E-state index >= 15 is 0 Å². The Bertz CT molecular complexity index is 1550. The summed E-state index contributed by atoms with van der Waals surface area (Å²) in [5.74, 6) is 0. The number of pyridine rings is 1. The van der Waals surface area contributed by atoms with Gasteiger partial charge in [-0.05, 0) is 51.3 Å². The summed E-state index contributed by atoms with van der Waals surface area (Å²) in [6.45, 7) is -2.14. The van der Waals surface area contributed by atoms with Gasteiger partial charge in [-0.2, -0.15) is 0 Å². The van der Waals surface area contributed by atoms with Crippen LogP contribution in [-0.4, -0.2) is 0 Å². The van der Waals surface area contributed by atoms with E-state index in [1.54, 1.807) is 6.20 Å². The van der Waals surface area contributed by atoms with Crippen molar-refractivity contribution in [3.05, 3.63) is 78.5 Å². The molecule has 0 aliphatic carbocycles. The summed E-state index contributed by atoms with van der Waals surface area (Å²) in [6.07, 6.45) is 1.62. The van der Waals surface area contributed by atoms with E-state index in [-0.39, 0.29) is 0 Å². The number of nitrogens with one attached hydrogen (secondary N) is 1. The SMILES string of the molecule is [2H]C([2H])([2H])c1c[nH+]c2c(c1)c1cccc3c4ccccc4c4cccc2c4c31. The lowest BCUT2D eigenvalue weighted by Gasteiger charge is -2.15. The van der Waals surface area contributed by atoms with Crippen LogP contribution in [0, 0.1) is 6.85 Å². The molecule has 6 rings (SSSR count). The van der Waals surface area contributed by atoms with Crippen LogP contribution in [0.2, 0.25) is 0 Å². The molecule has 0 bridgehead atoms. The number of aryl methyl sites for hydroxylation is 1. The van der Waals surface area contributed by atoms with Gasteiger partial charge in [0.25, 0.3) is 0 Å². The van der Waals surface area contributed by atoms with Crippen LogP contribution in [0.3, 0.4) is 0 Å². The number of aromatic nitrogens is 1. The standard InChI is InChI=1S/C24H15N/c1-14-12-21-19-10-4-8-17-15-6-2-3-7-16(15)18-9-5-11-20(23(18)22(17)19)24(21)25-13-14/h2-13H,1H3/p+1/i1D3. The lowest BCUT2D eigenvalue weighted by atomic mass is 9.87. The number of rotatable bonds is 0. The van der Waals surface area contributed by atoms with E-state index in [2.05, 4.69) is 65.6 Å². The second-order valence-corrected chi connectivity index (χ2v) is 6.68. The zero-order valence-electron chi connectivity index (χ0n) is 16.4. The first-order chi connectivity index (χ1) is 13.5. The van der Waals surface area contributed by atoms with E-state index in [0.717, 1.165) is 21.7 Å². The largest absolute Gasteiger partial charge is 0.219 e. The summed E-state index contributed by atoms with van der Waals surface area (Å²) in [6, 6.07) is 23.0. The molecular weight excluding hydrogens is 302 g/mol. The smallest absolute Gasteiger partial charge is 0.210 e. The molecule has 0 aliphatic rings. The molecule has 0 saturated heterocycles. The average Bonchev–Trinajstić information content (AvgIpc) is 2.72. The Morgan fingerprint density at radius 3 is 1.88 bits per heavy atom. The number of hydrogen-bond acceptors (Lipinski definition) is 0. The molecular formula is C24H16N+. The highest BCUT2D eigenvalue weighted by molar-refractivity contribution is 6.39. The third-order valence-corrected chi connectivity index (χ3v) is 5.39. The van der Waals surface area contributed by atoms with Crippen LogP contribution in [0.25, 0.3) is 54.0 Å². The van der Waals surface area contributed by atoms with Crippen LogP contribution in [0.5, 0.6) is 0 Å². The van der Waals surface area contributed by atoms with Gasteiger partial charge in [-0.15, -0.1) is 0 Å². The summed E-state index contributed by atoms with van der Waals surface area (Å²) in [5, 5.41) is 10.5. The zero-order chi connectivity index (χ0) is 19.0. The van der Waals surface area contributed by atoms with Gasteiger partial charge < -0.3 is 0 Å². The monoisotopic (exact) mass is 321 g/mol. The number of H-pyrrole nitrogens is 1. The highest BCUT2D eigenvalue weighted by Crippen LogP contribution is 2.43. The van der Waals surface area contributed by atoms with Crippen LogP contribution in [-0.2, 0) is 0 Å². The van der Waals surface area contributed by atoms with Crippen LogP contribution in [0.1, 0.15) is 9.68 Å². The van der Waals surface area contributed by atoms with Gasteiger partial charge in [-0.1, -0.05) is 54.6 Å². The van der Waals surface area contributed by atoms with Crippen molar-refractivity contribution in [3.63, 3.8) is 0 Å². The molecule has 0 spiro atoms. The summed E-state index contributed by atoms with van der Waals surface area (Å²) in [7, 11) is 0. The molecule has 25 heavy (non-hydrogen) atoms. The second kappa shape index (κ2) is 4.46. The molecule has 0 aliphatic heterocycles. The predicted molar refractivity (Wildman–Crippen MR) is 106 cm³/mol. The van der Waals surface area contributed by atoms with Gasteiger partial charge in [0.15, 0.2) is 6.20 Å². The van der Waals surface area contributed by atoms with Gasteiger partial charge in [-0.3, -0.25) is 0 Å². The minimum atomic E-state index is -2.14. The van der Waals surface area contributed by atoms with Gasteiger partial charge in [0.2, 0.25) is 5.52 Å². The maximum atomic E-state index is 7.82. The lowest BCUT2D eigenvalue weighted by molar-refractivity contribution is -0.344. The van der Waals surface area contributed by atoms with Crippen LogP contribution in [0.4, 0.5) is 0 Å². The Morgan fingerprint density at radius 2 is 1.20 bits per heavy atom. The first-order valence-electron chi connectivity index (χ1n) is 9.97. The van der Waals surface area contributed by atoms with E-state index in [9.17, 15) is 0 Å². The molecule has 0 amide bonds. The molecule has 5 aromatic carbocycles. The molecule has 6 aromatic rings. The van der Waals surface area contributed by atoms with Crippen molar-refractivity contribution in [2.24, 2.45) is 0 Å². The van der Waals surface area contributed by atoms with Crippen molar-refractivity contribution in [3.8, 4) is 0 Å². The first-order valence-corrected chi connectivity index (χ1v) is 8.47. The number of benzene rings is 5. The van der Waals surface area contributed by atoms with E-state index in [0.29, 0.717) is 5.56 Å². The van der Waals surface area contributed by atoms with Gasteiger partial charge in [-0.25, -0.2) is 4.98 Å². The Morgan fingerprint density at radius 1 is 0.640 bits per heavy atom. The molecule has 0 saturated carbocycles. The third-order valence-electron chi connectivity index (χ3n) is 5.39. The number of hydrogen-bond donors (Lipinski definition) is 0. The van der Waals surface area contributed by atoms with Crippen LogP contribution >= 0.6 is 0 Å². The molecule has 1 heterocycles. The molecule has 0 radical (unpaired) electrons. The first kappa shape index (κ1) is 10.6. The Balaban J connectivity index is 1.99. The fourth-order valence-corrected chi connectivity index (χ4v) is 4.41. The maximum Gasteiger partial charge on any atom is 0.219 e. The van der Waals surface area contributed by atoms with E-state index in [1.807, 2.05) is 6.07 Å². The van der Waals surface area contributed by atoms with Crippen LogP contribution < -0.4 is 4.98 Å². The van der Waals surface area contributed by atoms with Crippen molar-refractivity contribution in [2.75, 3.05) is 0 Å². The van der Waals surface area contributed by atoms with Crippen molar-refractivity contribution in [1.82, 2.24) is 0 Å². The molecule has 0 unspecified atom stereocenters.